The number of hydrogen-bond donors (Lipinski definition) is 1. The maximum absolute atomic E-state index is 11.4. The molecule has 6 heteroatoms. The number of aromatic nitrogens is 2. The highest BCUT2D eigenvalue weighted by atomic mass is 32.2. The Morgan fingerprint density at radius 1 is 1.36 bits per heavy atom. The second-order valence-electron chi connectivity index (χ2n) is 3.20. The van der Waals surface area contributed by atoms with Crippen molar-refractivity contribution in [2.75, 3.05) is 0 Å². The van der Waals surface area contributed by atoms with Crippen LogP contribution in [0.3, 0.4) is 0 Å². The average molecular weight is 215 g/mol. The van der Waals surface area contributed by atoms with Gasteiger partial charge in [-0.2, -0.15) is 0 Å². The molecule has 1 aromatic heterocycles. The smallest absolute Gasteiger partial charge is 0.219 e. The van der Waals surface area contributed by atoms with Gasteiger partial charge < -0.3 is 0 Å². The van der Waals surface area contributed by atoms with E-state index in [-0.39, 0.29) is 11.8 Å². The summed E-state index contributed by atoms with van der Waals surface area (Å²) in [5.74, 6) is 0.132. The molecule has 1 aromatic rings. The molecule has 0 aliphatic heterocycles. The van der Waals surface area contributed by atoms with Gasteiger partial charge in [0.05, 0.1) is 0 Å². The minimum Gasteiger partial charge on any atom is -0.240 e. The Hall–Kier alpha value is -1.01. The number of nitrogens with one attached hydrogen (secondary N) is 1. The van der Waals surface area contributed by atoms with Gasteiger partial charge in [-0.25, -0.2) is 23.1 Å². The number of sulfonamides is 1. The van der Waals surface area contributed by atoms with Crippen LogP contribution in [0.1, 0.15) is 19.7 Å². The van der Waals surface area contributed by atoms with E-state index in [2.05, 4.69) is 14.7 Å². The lowest BCUT2D eigenvalue weighted by Crippen LogP contribution is -2.31. The Morgan fingerprint density at radius 2 is 1.93 bits per heavy atom. The van der Waals surface area contributed by atoms with Gasteiger partial charge in [-0.1, -0.05) is 0 Å². The zero-order valence-corrected chi connectivity index (χ0v) is 8.95. The fourth-order valence-electron chi connectivity index (χ4n) is 0.975. The van der Waals surface area contributed by atoms with Crippen LogP contribution < -0.4 is 4.72 Å². The molecule has 0 spiro atoms. The lowest BCUT2D eigenvalue weighted by molar-refractivity contribution is 0.567. The monoisotopic (exact) mass is 215 g/mol. The second-order valence-corrected chi connectivity index (χ2v) is 4.95. The first kappa shape index (κ1) is 11.1. The van der Waals surface area contributed by atoms with Crippen molar-refractivity contribution < 1.29 is 8.42 Å². The SMILES string of the molecule is CC(C)NS(=O)(=O)Cc1ncccn1. The maximum atomic E-state index is 11.4. The number of rotatable bonds is 4. The summed E-state index contributed by atoms with van der Waals surface area (Å²) in [7, 11) is -3.31. The van der Waals surface area contributed by atoms with Gasteiger partial charge in [0.15, 0.2) is 0 Å². The van der Waals surface area contributed by atoms with Gasteiger partial charge in [0.1, 0.15) is 11.6 Å². The molecule has 0 bridgehead atoms. The van der Waals surface area contributed by atoms with E-state index >= 15 is 0 Å². The summed E-state index contributed by atoms with van der Waals surface area (Å²) < 4.78 is 25.3. The summed E-state index contributed by atoms with van der Waals surface area (Å²) in [4.78, 5) is 7.68. The van der Waals surface area contributed by atoms with E-state index in [9.17, 15) is 8.42 Å². The Labute approximate surface area is 83.6 Å². The summed E-state index contributed by atoms with van der Waals surface area (Å²) >= 11 is 0. The van der Waals surface area contributed by atoms with Crippen LogP contribution in [-0.2, 0) is 15.8 Å². The van der Waals surface area contributed by atoms with Crippen molar-refractivity contribution in [3.05, 3.63) is 24.3 Å². The topological polar surface area (TPSA) is 72.0 Å². The first-order valence-electron chi connectivity index (χ1n) is 4.25. The summed E-state index contributed by atoms with van der Waals surface area (Å²) in [5, 5.41) is 0. The van der Waals surface area contributed by atoms with Crippen molar-refractivity contribution in [1.82, 2.24) is 14.7 Å². The lowest BCUT2D eigenvalue weighted by Gasteiger charge is -2.07. The van der Waals surface area contributed by atoms with E-state index in [1.54, 1.807) is 19.9 Å². The average Bonchev–Trinajstić information content (AvgIpc) is 2.02. The van der Waals surface area contributed by atoms with Crippen molar-refractivity contribution in [3.8, 4) is 0 Å². The molecule has 0 atom stereocenters. The highest BCUT2D eigenvalue weighted by molar-refractivity contribution is 7.88. The predicted octanol–water partition coefficient (Wildman–Crippen LogP) is 0.304. The standard InChI is InChI=1S/C8H13N3O2S/c1-7(2)11-14(12,13)6-8-9-4-3-5-10-8/h3-5,7,11H,6H2,1-2H3. The third kappa shape index (κ3) is 3.80. The van der Waals surface area contributed by atoms with Crippen LogP contribution in [0, 0.1) is 0 Å². The van der Waals surface area contributed by atoms with Gasteiger partial charge >= 0.3 is 0 Å². The second kappa shape index (κ2) is 4.47. The molecular weight excluding hydrogens is 202 g/mol. The summed E-state index contributed by atoms with van der Waals surface area (Å²) in [6.45, 7) is 3.53. The Morgan fingerprint density at radius 3 is 2.43 bits per heavy atom. The van der Waals surface area contributed by atoms with Crippen molar-refractivity contribution in [2.24, 2.45) is 0 Å². The van der Waals surface area contributed by atoms with E-state index in [0.717, 1.165) is 0 Å². The summed E-state index contributed by atoms with van der Waals surface area (Å²) in [6.07, 6.45) is 3.04. The molecule has 1 N–H and O–H groups in total. The van der Waals surface area contributed by atoms with Gasteiger partial charge in [-0.15, -0.1) is 0 Å². The molecule has 0 aromatic carbocycles. The zero-order chi connectivity index (χ0) is 10.6. The first-order chi connectivity index (χ1) is 6.49. The Kier molecular flexibility index (Phi) is 3.54. The summed E-state index contributed by atoms with van der Waals surface area (Å²) in [5.41, 5.74) is 0. The number of hydrogen-bond acceptors (Lipinski definition) is 4. The molecule has 0 amide bonds. The highest BCUT2D eigenvalue weighted by Gasteiger charge is 2.13. The van der Waals surface area contributed by atoms with Gasteiger partial charge in [-0.05, 0) is 19.9 Å². The number of nitrogens with zero attached hydrogens (tertiary/aromatic N) is 2. The highest BCUT2D eigenvalue weighted by Crippen LogP contribution is 1.97. The molecule has 14 heavy (non-hydrogen) atoms. The van der Waals surface area contributed by atoms with Crippen LogP contribution in [-0.4, -0.2) is 24.4 Å². The molecule has 5 nitrogen and oxygen atoms in total. The molecule has 0 aliphatic carbocycles. The van der Waals surface area contributed by atoms with Gasteiger partial charge in [0, 0.05) is 18.4 Å². The van der Waals surface area contributed by atoms with Crippen molar-refractivity contribution in [2.45, 2.75) is 25.6 Å². The third-order valence-corrected chi connectivity index (χ3v) is 2.82. The Bertz CT molecular complexity index is 375. The molecule has 0 aliphatic rings. The van der Waals surface area contributed by atoms with Gasteiger partial charge in [0.25, 0.3) is 0 Å². The lowest BCUT2D eigenvalue weighted by atomic mass is 10.4. The largest absolute Gasteiger partial charge is 0.240 e. The van der Waals surface area contributed by atoms with E-state index in [1.807, 2.05) is 0 Å². The van der Waals surface area contributed by atoms with Crippen LogP contribution in [0.4, 0.5) is 0 Å². The van der Waals surface area contributed by atoms with Crippen LogP contribution in [0.2, 0.25) is 0 Å². The molecule has 0 unspecified atom stereocenters. The molecule has 0 radical (unpaired) electrons. The quantitative estimate of drug-likeness (QED) is 0.784. The minimum atomic E-state index is -3.31. The van der Waals surface area contributed by atoms with Crippen LogP contribution >= 0.6 is 0 Å². The van der Waals surface area contributed by atoms with E-state index in [1.165, 1.54) is 12.4 Å². The normalized spacial score (nSPS) is 11.9. The molecule has 1 rings (SSSR count). The van der Waals surface area contributed by atoms with E-state index in [0.29, 0.717) is 5.82 Å². The van der Waals surface area contributed by atoms with Gasteiger partial charge in [0.2, 0.25) is 10.0 Å². The molecular formula is C8H13N3O2S. The predicted molar refractivity (Wildman–Crippen MR) is 52.9 cm³/mol. The van der Waals surface area contributed by atoms with E-state index in [4.69, 9.17) is 0 Å². The molecule has 0 fully saturated rings. The molecule has 0 saturated carbocycles. The fourth-order valence-corrected chi connectivity index (χ4v) is 2.27. The molecule has 1 heterocycles. The van der Waals surface area contributed by atoms with Crippen LogP contribution in [0.5, 0.6) is 0 Å². The molecule has 78 valence electrons. The van der Waals surface area contributed by atoms with Crippen molar-refractivity contribution in [1.29, 1.82) is 0 Å². The van der Waals surface area contributed by atoms with Crippen LogP contribution in [0.25, 0.3) is 0 Å². The first-order valence-corrected chi connectivity index (χ1v) is 5.91. The van der Waals surface area contributed by atoms with E-state index < -0.39 is 10.0 Å². The fraction of sp³-hybridized carbons (Fsp3) is 0.500. The minimum absolute atomic E-state index is 0.108. The molecule has 0 saturated heterocycles. The van der Waals surface area contributed by atoms with Gasteiger partial charge in [-0.3, -0.25) is 0 Å². The van der Waals surface area contributed by atoms with Crippen molar-refractivity contribution >= 4 is 10.0 Å². The zero-order valence-electron chi connectivity index (χ0n) is 8.14. The van der Waals surface area contributed by atoms with Crippen LogP contribution in [0.15, 0.2) is 18.5 Å². The third-order valence-electron chi connectivity index (χ3n) is 1.35. The van der Waals surface area contributed by atoms with Crippen molar-refractivity contribution in [3.63, 3.8) is 0 Å². The maximum Gasteiger partial charge on any atom is 0.219 e. The summed E-state index contributed by atoms with van der Waals surface area (Å²) in [6, 6.07) is 1.54. The Balaban J connectivity index is 2.70.